The van der Waals surface area contributed by atoms with Gasteiger partial charge in [-0.15, -0.1) is 0 Å². The zero-order chi connectivity index (χ0) is 15.6. The van der Waals surface area contributed by atoms with Crippen LogP contribution in [-0.4, -0.2) is 40.5 Å². The number of amides is 2. The topological polar surface area (TPSA) is 69.6 Å². The average molecular weight is 302 g/mol. The first-order valence-corrected chi connectivity index (χ1v) is 7.88. The third kappa shape index (κ3) is 3.30. The lowest BCUT2D eigenvalue weighted by atomic mass is 9.80. The number of hydrogen-bond acceptors (Lipinski definition) is 3. The summed E-state index contributed by atoms with van der Waals surface area (Å²) in [4.78, 5) is 26.0. The van der Waals surface area contributed by atoms with E-state index in [1.807, 2.05) is 30.3 Å². The molecule has 1 saturated carbocycles. The predicted octanol–water partition coefficient (Wildman–Crippen LogP) is 1.07. The molecule has 1 aromatic rings. The van der Waals surface area contributed by atoms with Crippen molar-refractivity contribution in [3.8, 4) is 0 Å². The molecule has 0 radical (unpaired) electrons. The fraction of sp³-hybridized carbons (Fsp3) is 0.529. The number of aliphatic hydroxyl groups is 1. The number of nitrogens with one attached hydrogen (secondary N) is 1. The van der Waals surface area contributed by atoms with Crippen molar-refractivity contribution in [1.29, 1.82) is 0 Å². The van der Waals surface area contributed by atoms with Crippen LogP contribution in [0.4, 0.5) is 0 Å². The van der Waals surface area contributed by atoms with Crippen LogP contribution in [0.25, 0.3) is 0 Å². The number of carbonyl (C=O) groups excluding carboxylic acids is 2. The van der Waals surface area contributed by atoms with E-state index in [9.17, 15) is 14.7 Å². The van der Waals surface area contributed by atoms with E-state index < -0.39 is 5.60 Å². The molecule has 0 aromatic heterocycles. The van der Waals surface area contributed by atoms with E-state index in [1.165, 1.54) is 0 Å². The molecule has 1 saturated heterocycles. The van der Waals surface area contributed by atoms with E-state index in [1.54, 1.807) is 4.90 Å². The molecule has 118 valence electrons. The van der Waals surface area contributed by atoms with Gasteiger partial charge in [-0.2, -0.15) is 0 Å². The van der Waals surface area contributed by atoms with Crippen LogP contribution in [0.2, 0.25) is 0 Å². The molecule has 1 aliphatic carbocycles. The first kappa shape index (κ1) is 15.0. The SMILES string of the molecule is O=C(NCC1(O)CCC1)C1CC(=O)N(Cc2ccccc2)C1. The Morgan fingerprint density at radius 3 is 2.68 bits per heavy atom. The Morgan fingerprint density at radius 1 is 1.32 bits per heavy atom. The van der Waals surface area contributed by atoms with Crippen molar-refractivity contribution >= 4 is 11.8 Å². The van der Waals surface area contributed by atoms with Gasteiger partial charge < -0.3 is 15.3 Å². The lowest BCUT2D eigenvalue weighted by Gasteiger charge is -2.36. The molecule has 0 spiro atoms. The molecule has 0 bridgehead atoms. The first-order valence-electron chi connectivity index (χ1n) is 7.88. The van der Waals surface area contributed by atoms with Crippen LogP contribution < -0.4 is 5.32 Å². The lowest BCUT2D eigenvalue weighted by Crippen LogP contribution is -2.49. The molecule has 1 aromatic carbocycles. The zero-order valence-electron chi connectivity index (χ0n) is 12.6. The smallest absolute Gasteiger partial charge is 0.225 e. The van der Waals surface area contributed by atoms with Gasteiger partial charge in [0.15, 0.2) is 0 Å². The number of benzene rings is 1. The molecule has 2 amide bonds. The third-order valence-electron chi connectivity index (χ3n) is 4.68. The van der Waals surface area contributed by atoms with E-state index in [2.05, 4.69) is 5.32 Å². The third-order valence-corrected chi connectivity index (χ3v) is 4.68. The van der Waals surface area contributed by atoms with Gasteiger partial charge in [-0.3, -0.25) is 9.59 Å². The van der Waals surface area contributed by atoms with Crippen LogP contribution in [-0.2, 0) is 16.1 Å². The summed E-state index contributed by atoms with van der Waals surface area (Å²) >= 11 is 0. The minimum Gasteiger partial charge on any atom is -0.388 e. The summed E-state index contributed by atoms with van der Waals surface area (Å²) in [6.07, 6.45) is 2.77. The van der Waals surface area contributed by atoms with Crippen LogP contribution in [0.1, 0.15) is 31.2 Å². The molecular formula is C17H22N2O3. The van der Waals surface area contributed by atoms with Gasteiger partial charge in [0.2, 0.25) is 11.8 Å². The van der Waals surface area contributed by atoms with Crippen LogP contribution in [0, 0.1) is 5.92 Å². The number of likely N-dealkylation sites (tertiary alicyclic amines) is 1. The second-order valence-corrected chi connectivity index (χ2v) is 6.46. The highest BCUT2D eigenvalue weighted by atomic mass is 16.3. The fourth-order valence-electron chi connectivity index (χ4n) is 3.06. The summed E-state index contributed by atoms with van der Waals surface area (Å²) < 4.78 is 0. The van der Waals surface area contributed by atoms with E-state index in [0.29, 0.717) is 19.6 Å². The quantitative estimate of drug-likeness (QED) is 0.854. The van der Waals surface area contributed by atoms with Crippen molar-refractivity contribution in [2.75, 3.05) is 13.1 Å². The van der Waals surface area contributed by atoms with Gasteiger partial charge in [-0.05, 0) is 24.8 Å². The summed E-state index contributed by atoms with van der Waals surface area (Å²) in [6, 6.07) is 9.79. The molecule has 1 unspecified atom stereocenters. The molecule has 2 fully saturated rings. The van der Waals surface area contributed by atoms with E-state index in [4.69, 9.17) is 0 Å². The number of rotatable bonds is 5. The minimum absolute atomic E-state index is 0.0198. The van der Waals surface area contributed by atoms with Gasteiger partial charge in [0, 0.05) is 26.1 Å². The Morgan fingerprint density at radius 2 is 2.05 bits per heavy atom. The fourth-order valence-corrected chi connectivity index (χ4v) is 3.06. The monoisotopic (exact) mass is 302 g/mol. The molecule has 5 heteroatoms. The Kier molecular flexibility index (Phi) is 4.16. The molecule has 22 heavy (non-hydrogen) atoms. The number of nitrogens with zero attached hydrogens (tertiary/aromatic N) is 1. The number of hydrogen-bond donors (Lipinski definition) is 2. The van der Waals surface area contributed by atoms with Crippen molar-refractivity contribution in [2.24, 2.45) is 5.92 Å². The summed E-state index contributed by atoms with van der Waals surface area (Å²) in [5, 5.41) is 12.8. The van der Waals surface area contributed by atoms with Gasteiger partial charge in [0.1, 0.15) is 0 Å². The molecule has 2 N–H and O–H groups in total. The van der Waals surface area contributed by atoms with Crippen LogP contribution in [0.3, 0.4) is 0 Å². The highest BCUT2D eigenvalue weighted by molar-refractivity contribution is 5.89. The normalized spacial score (nSPS) is 23.2. The molecule has 1 atom stereocenters. The molecule has 1 heterocycles. The highest BCUT2D eigenvalue weighted by Crippen LogP contribution is 2.30. The first-order chi connectivity index (χ1) is 10.6. The van der Waals surface area contributed by atoms with E-state index >= 15 is 0 Å². The summed E-state index contributed by atoms with van der Waals surface area (Å²) in [5.41, 5.74) is 0.350. The summed E-state index contributed by atoms with van der Waals surface area (Å²) in [6.45, 7) is 1.31. The summed E-state index contributed by atoms with van der Waals surface area (Å²) in [5.74, 6) is -0.407. The van der Waals surface area contributed by atoms with Crippen molar-refractivity contribution in [1.82, 2.24) is 10.2 Å². The maximum absolute atomic E-state index is 12.2. The zero-order valence-corrected chi connectivity index (χ0v) is 12.6. The van der Waals surface area contributed by atoms with E-state index in [-0.39, 0.29) is 24.2 Å². The van der Waals surface area contributed by atoms with Crippen LogP contribution in [0.15, 0.2) is 30.3 Å². The Balaban J connectivity index is 1.51. The molecule has 3 rings (SSSR count). The minimum atomic E-state index is -0.720. The second-order valence-electron chi connectivity index (χ2n) is 6.46. The number of carbonyl (C=O) groups is 2. The molecule has 5 nitrogen and oxygen atoms in total. The highest BCUT2D eigenvalue weighted by Gasteiger charge is 2.37. The predicted molar refractivity (Wildman–Crippen MR) is 81.8 cm³/mol. The van der Waals surface area contributed by atoms with Crippen molar-refractivity contribution in [3.63, 3.8) is 0 Å². The van der Waals surface area contributed by atoms with Crippen molar-refractivity contribution in [2.45, 2.75) is 37.8 Å². The average Bonchev–Trinajstić information content (AvgIpc) is 2.85. The maximum atomic E-state index is 12.2. The van der Waals surface area contributed by atoms with Gasteiger partial charge in [0.05, 0.1) is 11.5 Å². The van der Waals surface area contributed by atoms with Crippen LogP contribution >= 0.6 is 0 Å². The second kappa shape index (κ2) is 6.08. The van der Waals surface area contributed by atoms with Gasteiger partial charge in [0.25, 0.3) is 0 Å². The van der Waals surface area contributed by atoms with Gasteiger partial charge >= 0.3 is 0 Å². The summed E-state index contributed by atoms with van der Waals surface area (Å²) in [7, 11) is 0. The van der Waals surface area contributed by atoms with E-state index in [0.717, 1.165) is 24.8 Å². The van der Waals surface area contributed by atoms with Gasteiger partial charge in [-0.25, -0.2) is 0 Å². The molecule has 1 aliphatic heterocycles. The lowest BCUT2D eigenvalue weighted by molar-refractivity contribution is -0.129. The standard InChI is InChI=1S/C17H22N2O3/c20-15-9-14(16(21)18-12-17(22)7-4-8-17)11-19(15)10-13-5-2-1-3-6-13/h1-3,5-6,14,22H,4,7-12H2,(H,18,21). The maximum Gasteiger partial charge on any atom is 0.225 e. The largest absolute Gasteiger partial charge is 0.388 e. The Bertz CT molecular complexity index is 554. The molecule has 2 aliphatic rings. The Labute approximate surface area is 130 Å². The Hall–Kier alpha value is -1.88. The molecular weight excluding hydrogens is 280 g/mol. The van der Waals surface area contributed by atoms with Crippen molar-refractivity contribution in [3.05, 3.63) is 35.9 Å². The van der Waals surface area contributed by atoms with Crippen molar-refractivity contribution < 1.29 is 14.7 Å². The van der Waals surface area contributed by atoms with Gasteiger partial charge in [-0.1, -0.05) is 30.3 Å². The van der Waals surface area contributed by atoms with Crippen LogP contribution in [0.5, 0.6) is 0 Å².